The molecule has 3 unspecified atom stereocenters. The van der Waals surface area contributed by atoms with Crippen molar-refractivity contribution in [3.8, 4) is 6.07 Å². The summed E-state index contributed by atoms with van der Waals surface area (Å²) in [5.74, 6) is 0.536. The molecule has 2 aliphatic carbocycles. The molecule has 4 atom stereocenters. The summed E-state index contributed by atoms with van der Waals surface area (Å²) in [5.41, 5.74) is -0.494. The smallest absolute Gasteiger partial charge is 0.237 e. The molecule has 5 heteroatoms. The van der Waals surface area contributed by atoms with Crippen molar-refractivity contribution in [2.45, 2.75) is 62.6 Å². The number of aliphatic hydroxyl groups is 1. The van der Waals surface area contributed by atoms with Gasteiger partial charge in [-0.05, 0) is 44.4 Å². The Bertz CT molecular complexity index is 433. The van der Waals surface area contributed by atoms with Crippen LogP contribution in [0.5, 0.6) is 0 Å². The molecule has 1 saturated heterocycles. The molecule has 1 aliphatic heterocycles. The summed E-state index contributed by atoms with van der Waals surface area (Å²) in [5, 5.41) is 22.7. The first-order valence-corrected chi connectivity index (χ1v) is 7.76. The molecule has 0 aromatic heterocycles. The number of amides is 1. The number of likely N-dealkylation sites (tertiary alicyclic amines) is 1. The predicted molar refractivity (Wildman–Crippen MR) is 73.7 cm³/mol. The van der Waals surface area contributed by atoms with Crippen LogP contribution in [0.3, 0.4) is 0 Å². The Kier molecular flexibility index (Phi) is 3.70. The summed E-state index contributed by atoms with van der Waals surface area (Å²) in [6, 6.07) is 2.22. The van der Waals surface area contributed by atoms with Crippen LogP contribution in [0, 0.1) is 17.2 Å². The molecule has 0 aromatic rings. The minimum atomic E-state index is -0.494. The van der Waals surface area contributed by atoms with Crippen LogP contribution in [-0.4, -0.2) is 46.7 Å². The van der Waals surface area contributed by atoms with E-state index in [1.54, 1.807) is 4.90 Å². The maximum absolute atomic E-state index is 12.2. The van der Waals surface area contributed by atoms with E-state index in [1.807, 2.05) is 0 Å². The van der Waals surface area contributed by atoms with Gasteiger partial charge in [-0.2, -0.15) is 5.26 Å². The number of carbonyl (C=O) groups is 1. The molecule has 20 heavy (non-hydrogen) atoms. The summed E-state index contributed by atoms with van der Waals surface area (Å²) in [7, 11) is 0. The van der Waals surface area contributed by atoms with Gasteiger partial charge in [0.25, 0.3) is 0 Å². The minimum absolute atomic E-state index is 0.0301. The molecular formula is C15H23N3O2. The van der Waals surface area contributed by atoms with E-state index >= 15 is 0 Å². The maximum Gasteiger partial charge on any atom is 0.237 e. The van der Waals surface area contributed by atoms with Crippen molar-refractivity contribution >= 4 is 5.91 Å². The molecule has 5 nitrogen and oxygen atoms in total. The van der Waals surface area contributed by atoms with E-state index in [1.165, 1.54) is 0 Å². The second-order valence-electron chi connectivity index (χ2n) is 6.65. The molecule has 0 aromatic carbocycles. The molecule has 3 aliphatic rings. The SMILES string of the molecule is N#C[C@@H]1CCCN1C(=O)CNC1CC2(O)CCCC1C2. The lowest BCUT2D eigenvalue weighted by Gasteiger charge is -2.27. The first kappa shape index (κ1) is 13.8. The van der Waals surface area contributed by atoms with E-state index in [2.05, 4.69) is 11.4 Å². The third-order valence-electron chi connectivity index (χ3n) is 5.27. The molecule has 2 N–H and O–H groups in total. The van der Waals surface area contributed by atoms with Gasteiger partial charge >= 0.3 is 0 Å². The molecule has 3 rings (SSSR count). The number of hydrogen-bond acceptors (Lipinski definition) is 4. The van der Waals surface area contributed by atoms with E-state index in [0.29, 0.717) is 19.0 Å². The number of nitriles is 1. The number of rotatable bonds is 3. The Morgan fingerprint density at radius 1 is 1.40 bits per heavy atom. The first-order chi connectivity index (χ1) is 9.61. The van der Waals surface area contributed by atoms with E-state index in [4.69, 9.17) is 5.26 Å². The molecule has 0 radical (unpaired) electrons. The third-order valence-corrected chi connectivity index (χ3v) is 5.27. The van der Waals surface area contributed by atoms with Crippen molar-refractivity contribution in [1.82, 2.24) is 10.2 Å². The highest BCUT2D eigenvalue weighted by atomic mass is 16.3. The Morgan fingerprint density at radius 2 is 2.25 bits per heavy atom. The van der Waals surface area contributed by atoms with Crippen LogP contribution in [0.2, 0.25) is 0 Å². The summed E-state index contributed by atoms with van der Waals surface area (Å²) in [6.45, 7) is 1.01. The molecule has 2 bridgehead atoms. The zero-order chi connectivity index (χ0) is 14.2. The molecule has 1 heterocycles. The van der Waals surface area contributed by atoms with Crippen LogP contribution < -0.4 is 5.32 Å². The molecule has 3 fully saturated rings. The second kappa shape index (κ2) is 5.34. The van der Waals surface area contributed by atoms with Gasteiger partial charge in [0.15, 0.2) is 0 Å². The summed E-state index contributed by atoms with van der Waals surface area (Å²) in [6.07, 6.45) is 6.52. The number of fused-ring (bicyclic) bond motifs is 2. The molecule has 2 saturated carbocycles. The highest BCUT2D eigenvalue weighted by molar-refractivity contribution is 5.79. The van der Waals surface area contributed by atoms with Crippen molar-refractivity contribution in [2.24, 2.45) is 5.92 Å². The van der Waals surface area contributed by atoms with E-state index in [9.17, 15) is 9.90 Å². The fourth-order valence-electron chi connectivity index (χ4n) is 4.25. The molecule has 0 spiro atoms. The topological polar surface area (TPSA) is 76.4 Å². The standard InChI is InChI=1S/C15H23N3O2/c16-9-12-4-2-6-18(12)14(19)10-17-13-8-15(20)5-1-3-11(13)7-15/h11-13,17,20H,1-8,10H2/t11?,12-,13?,15?/m0/s1. The minimum Gasteiger partial charge on any atom is -0.390 e. The Balaban J connectivity index is 1.53. The summed E-state index contributed by atoms with van der Waals surface area (Å²) in [4.78, 5) is 13.9. The van der Waals surface area contributed by atoms with Gasteiger partial charge in [-0.15, -0.1) is 0 Å². The lowest BCUT2D eigenvalue weighted by molar-refractivity contribution is -0.130. The quantitative estimate of drug-likeness (QED) is 0.799. The molecule has 110 valence electrons. The highest BCUT2D eigenvalue weighted by Gasteiger charge is 2.46. The van der Waals surface area contributed by atoms with Crippen LogP contribution in [0.4, 0.5) is 0 Å². The zero-order valence-electron chi connectivity index (χ0n) is 11.8. The average molecular weight is 277 g/mol. The molecule has 1 amide bonds. The van der Waals surface area contributed by atoms with Gasteiger partial charge in [0.2, 0.25) is 5.91 Å². The number of carbonyl (C=O) groups excluding carboxylic acids is 1. The van der Waals surface area contributed by atoms with Gasteiger partial charge < -0.3 is 15.3 Å². The number of nitrogens with one attached hydrogen (secondary N) is 1. The van der Waals surface area contributed by atoms with Crippen molar-refractivity contribution in [3.63, 3.8) is 0 Å². The zero-order valence-corrected chi connectivity index (χ0v) is 11.8. The van der Waals surface area contributed by atoms with Crippen LogP contribution in [0.25, 0.3) is 0 Å². The summed E-state index contributed by atoms with van der Waals surface area (Å²) >= 11 is 0. The fourth-order valence-corrected chi connectivity index (χ4v) is 4.25. The average Bonchev–Trinajstić information content (AvgIpc) is 2.98. The van der Waals surface area contributed by atoms with Gasteiger partial charge in [-0.1, -0.05) is 6.42 Å². The third kappa shape index (κ3) is 2.55. The lowest BCUT2D eigenvalue weighted by Crippen LogP contribution is -2.44. The van der Waals surface area contributed by atoms with E-state index in [-0.39, 0.29) is 18.0 Å². The Morgan fingerprint density at radius 3 is 3.00 bits per heavy atom. The van der Waals surface area contributed by atoms with Gasteiger partial charge in [0, 0.05) is 12.6 Å². The van der Waals surface area contributed by atoms with Gasteiger partial charge in [0.1, 0.15) is 6.04 Å². The van der Waals surface area contributed by atoms with E-state index in [0.717, 1.165) is 44.9 Å². The predicted octanol–water partition coefficient (Wildman–Crippen LogP) is 0.784. The Labute approximate surface area is 119 Å². The number of hydrogen-bond donors (Lipinski definition) is 2. The van der Waals surface area contributed by atoms with Crippen molar-refractivity contribution < 1.29 is 9.90 Å². The van der Waals surface area contributed by atoms with Crippen molar-refractivity contribution in [1.29, 1.82) is 5.26 Å². The fraction of sp³-hybridized carbons (Fsp3) is 0.867. The normalized spacial score (nSPS) is 39.8. The molecular weight excluding hydrogens is 254 g/mol. The van der Waals surface area contributed by atoms with Crippen molar-refractivity contribution in [3.05, 3.63) is 0 Å². The number of nitrogens with zero attached hydrogens (tertiary/aromatic N) is 2. The van der Waals surface area contributed by atoms with E-state index < -0.39 is 5.60 Å². The van der Waals surface area contributed by atoms with Crippen LogP contribution in [0.1, 0.15) is 44.9 Å². The largest absolute Gasteiger partial charge is 0.390 e. The van der Waals surface area contributed by atoms with Gasteiger partial charge in [-0.25, -0.2) is 0 Å². The van der Waals surface area contributed by atoms with Crippen LogP contribution in [0.15, 0.2) is 0 Å². The van der Waals surface area contributed by atoms with Crippen LogP contribution in [-0.2, 0) is 4.79 Å². The van der Waals surface area contributed by atoms with Gasteiger partial charge in [0.05, 0.1) is 18.2 Å². The van der Waals surface area contributed by atoms with Crippen molar-refractivity contribution in [2.75, 3.05) is 13.1 Å². The first-order valence-electron chi connectivity index (χ1n) is 7.76. The van der Waals surface area contributed by atoms with Gasteiger partial charge in [-0.3, -0.25) is 4.79 Å². The lowest BCUT2D eigenvalue weighted by atomic mass is 9.86. The second-order valence-corrected chi connectivity index (χ2v) is 6.65. The summed E-state index contributed by atoms with van der Waals surface area (Å²) < 4.78 is 0. The Hall–Kier alpha value is -1.12. The monoisotopic (exact) mass is 277 g/mol. The van der Waals surface area contributed by atoms with Crippen LogP contribution >= 0.6 is 0 Å². The highest BCUT2D eigenvalue weighted by Crippen LogP contribution is 2.45. The maximum atomic E-state index is 12.2.